The maximum Gasteiger partial charge on any atom is 0.335 e. The van der Waals surface area contributed by atoms with Crippen molar-refractivity contribution in [1.29, 1.82) is 0 Å². The minimum atomic E-state index is -0.879. The molecule has 2 heterocycles. The molecule has 0 spiro atoms. The summed E-state index contributed by atoms with van der Waals surface area (Å²) < 4.78 is 13.8. The molecule has 2 atom stereocenters. The van der Waals surface area contributed by atoms with Crippen LogP contribution in [0.15, 0.2) is 47.1 Å². The van der Waals surface area contributed by atoms with Gasteiger partial charge in [0.05, 0.1) is 5.56 Å². The van der Waals surface area contributed by atoms with Crippen molar-refractivity contribution in [3.05, 3.63) is 58.4 Å². The number of aromatic nitrogens is 1. The molecule has 6 heteroatoms. The molecule has 0 saturated carbocycles. The molecule has 134 valence electrons. The molecule has 4 nitrogen and oxygen atoms in total. The first kappa shape index (κ1) is 19.4. The Bertz CT molecular complexity index is 682. The summed E-state index contributed by atoms with van der Waals surface area (Å²) in [4.78, 5) is 16.7. The van der Waals surface area contributed by atoms with Crippen LogP contribution in [0.3, 0.4) is 0 Å². The SMILES string of the molecule is CC1CC(C)CN(c2cc(F)cc(Br)n2)C1.O=C(O)c1ccccc1. The fourth-order valence-corrected chi connectivity index (χ4v) is 3.45. The number of carboxylic acids is 1. The molecule has 1 aromatic heterocycles. The van der Waals surface area contributed by atoms with E-state index in [1.165, 1.54) is 18.6 Å². The number of hydrogen-bond donors (Lipinski definition) is 1. The molecular weight excluding hydrogens is 387 g/mol. The average molecular weight is 409 g/mol. The van der Waals surface area contributed by atoms with Gasteiger partial charge in [-0.15, -0.1) is 0 Å². The Hall–Kier alpha value is -1.95. The largest absolute Gasteiger partial charge is 0.478 e. The number of aromatic carboxylic acids is 1. The summed E-state index contributed by atoms with van der Waals surface area (Å²) in [5.41, 5.74) is 0.331. The molecule has 0 bridgehead atoms. The maximum atomic E-state index is 13.3. The number of anilines is 1. The fraction of sp³-hybridized carbons (Fsp3) is 0.368. The van der Waals surface area contributed by atoms with Gasteiger partial charge in [0.1, 0.15) is 16.2 Å². The van der Waals surface area contributed by atoms with E-state index in [9.17, 15) is 9.18 Å². The third-order valence-corrected chi connectivity index (χ3v) is 4.37. The quantitative estimate of drug-likeness (QED) is 0.721. The smallest absolute Gasteiger partial charge is 0.335 e. The first-order valence-electron chi connectivity index (χ1n) is 8.21. The van der Waals surface area contributed by atoms with Crippen molar-refractivity contribution in [2.75, 3.05) is 18.0 Å². The standard InChI is InChI=1S/C12H16BrFN2.C7H6O2/c1-8-3-9(2)7-16(6-8)12-5-10(14)4-11(13)15-12;8-7(9)6-4-2-1-3-5-6/h4-5,8-9H,3,6-7H2,1-2H3;1-5H,(H,8,9). The second kappa shape index (κ2) is 8.94. The van der Waals surface area contributed by atoms with Gasteiger partial charge in [0, 0.05) is 25.2 Å². The number of carbonyl (C=O) groups is 1. The molecule has 0 amide bonds. The summed E-state index contributed by atoms with van der Waals surface area (Å²) in [6, 6.07) is 11.2. The van der Waals surface area contributed by atoms with E-state index in [0.29, 0.717) is 22.0 Å². The Labute approximate surface area is 155 Å². The zero-order chi connectivity index (χ0) is 18.4. The van der Waals surface area contributed by atoms with E-state index in [0.717, 1.165) is 18.9 Å². The highest BCUT2D eigenvalue weighted by Crippen LogP contribution is 2.26. The number of piperidine rings is 1. The lowest BCUT2D eigenvalue weighted by Gasteiger charge is -2.35. The van der Waals surface area contributed by atoms with Crippen LogP contribution in [0.2, 0.25) is 0 Å². The van der Waals surface area contributed by atoms with E-state index >= 15 is 0 Å². The van der Waals surface area contributed by atoms with Crippen LogP contribution in [0.5, 0.6) is 0 Å². The summed E-state index contributed by atoms with van der Waals surface area (Å²) in [6.45, 7) is 6.40. The van der Waals surface area contributed by atoms with Crippen LogP contribution in [0.4, 0.5) is 10.2 Å². The van der Waals surface area contributed by atoms with Gasteiger partial charge < -0.3 is 10.0 Å². The number of pyridine rings is 1. The Kier molecular flexibility index (Phi) is 6.93. The second-order valence-corrected chi connectivity index (χ2v) is 7.30. The van der Waals surface area contributed by atoms with Crippen LogP contribution in [0, 0.1) is 17.7 Å². The summed E-state index contributed by atoms with van der Waals surface area (Å²) >= 11 is 3.23. The maximum absolute atomic E-state index is 13.3. The van der Waals surface area contributed by atoms with E-state index in [-0.39, 0.29) is 5.82 Å². The van der Waals surface area contributed by atoms with Crippen LogP contribution in [-0.2, 0) is 0 Å². The van der Waals surface area contributed by atoms with Crippen LogP contribution in [0.25, 0.3) is 0 Å². The van der Waals surface area contributed by atoms with Crippen LogP contribution >= 0.6 is 15.9 Å². The lowest BCUT2D eigenvalue weighted by molar-refractivity contribution is 0.0697. The molecule has 1 aliphatic heterocycles. The van der Waals surface area contributed by atoms with Gasteiger partial charge in [0.25, 0.3) is 0 Å². The first-order chi connectivity index (χ1) is 11.8. The van der Waals surface area contributed by atoms with E-state index in [1.807, 2.05) is 0 Å². The van der Waals surface area contributed by atoms with Crippen molar-refractivity contribution in [3.63, 3.8) is 0 Å². The molecule has 0 aliphatic carbocycles. The second-order valence-electron chi connectivity index (χ2n) is 6.49. The van der Waals surface area contributed by atoms with Gasteiger partial charge in [0.2, 0.25) is 0 Å². The number of rotatable bonds is 2. The minimum absolute atomic E-state index is 0.234. The van der Waals surface area contributed by atoms with Crippen molar-refractivity contribution in [3.8, 4) is 0 Å². The molecule has 2 unspecified atom stereocenters. The Morgan fingerprint density at radius 2 is 1.80 bits per heavy atom. The highest BCUT2D eigenvalue weighted by atomic mass is 79.9. The van der Waals surface area contributed by atoms with Crippen LogP contribution < -0.4 is 4.90 Å². The van der Waals surface area contributed by atoms with Gasteiger partial charge >= 0.3 is 5.97 Å². The molecule has 25 heavy (non-hydrogen) atoms. The highest BCUT2D eigenvalue weighted by molar-refractivity contribution is 9.10. The number of benzene rings is 1. The summed E-state index contributed by atoms with van der Waals surface area (Å²) in [5.74, 6) is 0.920. The summed E-state index contributed by atoms with van der Waals surface area (Å²) in [7, 11) is 0. The Balaban J connectivity index is 0.000000212. The average Bonchev–Trinajstić information content (AvgIpc) is 2.54. The van der Waals surface area contributed by atoms with Crippen molar-refractivity contribution >= 4 is 27.7 Å². The molecule has 3 rings (SSSR count). The molecular formula is C19H22BrFN2O2. The van der Waals surface area contributed by atoms with Gasteiger partial charge in [-0.1, -0.05) is 32.0 Å². The number of carboxylic acid groups (broad SMARTS) is 1. The van der Waals surface area contributed by atoms with Crippen LogP contribution in [0.1, 0.15) is 30.6 Å². The Morgan fingerprint density at radius 3 is 2.28 bits per heavy atom. The zero-order valence-corrected chi connectivity index (χ0v) is 15.9. The van der Waals surface area contributed by atoms with Gasteiger partial charge in [-0.05, 0) is 46.3 Å². The number of hydrogen-bond acceptors (Lipinski definition) is 3. The molecule has 1 aliphatic rings. The summed E-state index contributed by atoms with van der Waals surface area (Å²) in [6.07, 6.45) is 1.24. The number of nitrogens with zero attached hydrogens (tertiary/aromatic N) is 2. The van der Waals surface area contributed by atoms with E-state index in [2.05, 4.69) is 39.7 Å². The van der Waals surface area contributed by atoms with Crippen molar-refractivity contribution in [2.24, 2.45) is 11.8 Å². The van der Waals surface area contributed by atoms with E-state index < -0.39 is 5.97 Å². The minimum Gasteiger partial charge on any atom is -0.478 e. The third-order valence-electron chi connectivity index (χ3n) is 3.96. The molecule has 2 aromatic rings. The zero-order valence-electron chi connectivity index (χ0n) is 14.3. The van der Waals surface area contributed by atoms with Gasteiger partial charge in [0.15, 0.2) is 0 Å². The number of halogens is 2. The lowest BCUT2D eigenvalue weighted by Crippen LogP contribution is -2.39. The summed E-state index contributed by atoms with van der Waals surface area (Å²) in [5, 5.41) is 8.38. The fourth-order valence-electron chi connectivity index (χ4n) is 3.05. The van der Waals surface area contributed by atoms with Crippen LogP contribution in [-0.4, -0.2) is 29.1 Å². The molecule has 0 radical (unpaired) electrons. The molecule has 1 aromatic carbocycles. The van der Waals surface area contributed by atoms with E-state index in [4.69, 9.17) is 5.11 Å². The topological polar surface area (TPSA) is 53.4 Å². The van der Waals surface area contributed by atoms with Gasteiger partial charge in [-0.2, -0.15) is 0 Å². The van der Waals surface area contributed by atoms with Crippen molar-refractivity contribution in [2.45, 2.75) is 20.3 Å². The molecule has 1 fully saturated rings. The van der Waals surface area contributed by atoms with Gasteiger partial charge in [-0.25, -0.2) is 14.2 Å². The Morgan fingerprint density at radius 1 is 1.20 bits per heavy atom. The van der Waals surface area contributed by atoms with Gasteiger partial charge in [-0.3, -0.25) is 0 Å². The monoisotopic (exact) mass is 408 g/mol. The van der Waals surface area contributed by atoms with Crippen molar-refractivity contribution < 1.29 is 14.3 Å². The lowest BCUT2D eigenvalue weighted by atomic mass is 9.92. The molecule has 1 N–H and O–H groups in total. The van der Waals surface area contributed by atoms with E-state index in [1.54, 1.807) is 30.3 Å². The third kappa shape index (κ3) is 6.12. The van der Waals surface area contributed by atoms with Crippen molar-refractivity contribution in [1.82, 2.24) is 4.98 Å². The first-order valence-corrected chi connectivity index (χ1v) is 9.01. The predicted molar refractivity (Wildman–Crippen MR) is 100 cm³/mol. The molecule has 1 saturated heterocycles. The predicted octanol–water partition coefficient (Wildman–Crippen LogP) is 4.85. The normalized spacial score (nSPS) is 19.8. The highest BCUT2D eigenvalue weighted by Gasteiger charge is 2.23.